The van der Waals surface area contributed by atoms with Crippen molar-refractivity contribution in [2.24, 2.45) is 4.99 Å². The van der Waals surface area contributed by atoms with E-state index >= 15 is 0 Å². The molecule has 0 atom stereocenters. The topological polar surface area (TPSA) is 105 Å². The molecule has 1 aromatic carbocycles. The SMILES string of the molecule is Nc1nc(S)nc(O)c1N=Cc1cc(Br)ccc1O. The van der Waals surface area contributed by atoms with Crippen LogP contribution < -0.4 is 5.73 Å². The highest BCUT2D eigenvalue weighted by Crippen LogP contribution is 2.30. The number of hydrogen-bond acceptors (Lipinski definition) is 7. The number of phenols is 1. The predicted octanol–water partition coefficient (Wildman–Crippen LogP) is 2.27. The highest BCUT2D eigenvalue weighted by Gasteiger charge is 2.09. The lowest BCUT2D eigenvalue weighted by molar-refractivity contribution is 0.448. The van der Waals surface area contributed by atoms with E-state index < -0.39 is 0 Å². The van der Waals surface area contributed by atoms with Crippen molar-refractivity contribution in [3.8, 4) is 11.6 Å². The van der Waals surface area contributed by atoms with Crippen LogP contribution >= 0.6 is 28.6 Å². The Balaban J connectivity index is 2.41. The van der Waals surface area contributed by atoms with Crippen LogP contribution in [0.4, 0.5) is 11.5 Å². The fourth-order valence-electron chi connectivity index (χ4n) is 1.33. The van der Waals surface area contributed by atoms with Crippen LogP contribution in [0.25, 0.3) is 0 Å². The van der Waals surface area contributed by atoms with Gasteiger partial charge in [-0.2, -0.15) is 4.98 Å². The molecule has 1 aromatic heterocycles. The van der Waals surface area contributed by atoms with Crippen LogP contribution in [0.3, 0.4) is 0 Å². The Morgan fingerprint density at radius 2 is 2.05 bits per heavy atom. The van der Waals surface area contributed by atoms with E-state index in [2.05, 4.69) is 43.5 Å². The Morgan fingerprint density at radius 3 is 2.74 bits per heavy atom. The van der Waals surface area contributed by atoms with Gasteiger partial charge < -0.3 is 15.9 Å². The van der Waals surface area contributed by atoms with E-state index in [1.165, 1.54) is 12.3 Å². The molecule has 2 rings (SSSR count). The second kappa shape index (κ2) is 5.45. The van der Waals surface area contributed by atoms with Gasteiger partial charge in [-0.3, -0.25) is 0 Å². The van der Waals surface area contributed by atoms with Crippen molar-refractivity contribution < 1.29 is 10.2 Å². The number of rotatable bonds is 2. The summed E-state index contributed by atoms with van der Waals surface area (Å²) < 4.78 is 0.783. The van der Waals surface area contributed by atoms with Crippen LogP contribution in [0.1, 0.15) is 5.56 Å². The first kappa shape index (κ1) is 13.6. The Bertz CT molecular complexity index is 640. The number of nitrogen functional groups attached to an aromatic ring is 1. The monoisotopic (exact) mass is 340 g/mol. The zero-order valence-corrected chi connectivity index (χ0v) is 11.9. The highest BCUT2D eigenvalue weighted by molar-refractivity contribution is 9.10. The van der Waals surface area contributed by atoms with Crippen molar-refractivity contribution in [1.29, 1.82) is 0 Å². The third-order valence-electron chi connectivity index (χ3n) is 2.20. The molecule has 6 nitrogen and oxygen atoms in total. The number of halogens is 1. The third kappa shape index (κ3) is 3.15. The first-order valence-electron chi connectivity index (χ1n) is 5.05. The summed E-state index contributed by atoms with van der Waals surface area (Å²) in [6, 6.07) is 4.87. The second-order valence-corrected chi connectivity index (χ2v) is 4.86. The molecule has 0 saturated heterocycles. The fraction of sp³-hybridized carbons (Fsp3) is 0. The average Bonchev–Trinajstić information content (AvgIpc) is 2.32. The summed E-state index contributed by atoms with van der Waals surface area (Å²) in [5.41, 5.74) is 6.10. The van der Waals surface area contributed by atoms with E-state index in [0.717, 1.165) is 4.47 Å². The maximum absolute atomic E-state index is 9.65. The van der Waals surface area contributed by atoms with E-state index in [-0.39, 0.29) is 28.3 Å². The normalized spacial score (nSPS) is 11.1. The number of nitrogens with zero attached hydrogens (tertiary/aromatic N) is 3. The van der Waals surface area contributed by atoms with Crippen molar-refractivity contribution in [2.45, 2.75) is 5.16 Å². The summed E-state index contributed by atoms with van der Waals surface area (Å²) >= 11 is 7.16. The fourth-order valence-corrected chi connectivity index (χ4v) is 1.92. The number of thiol groups is 1. The lowest BCUT2D eigenvalue weighted by Gasteiger charge is -2.03. The molecule has 0 unspecified atom stereocenters. The molecule has 0 aliphatic heterocycles. The van der Waals surface area contributed by atoms with E-state index in [1.54, 1.807) is 12.1 Å². The van der Waals surface area contributed by atoms with Crippen LogP contribution in [0.2, 0.25) is 0 Å². The van der Waals surface area contributed by atoms with Crippen molar-refractivity contribution >= 4 is 46.3 Å². The molecule has 0 radical (unpaired) electrons. The van der Waals surface area contributed by atoms with Crippen molar-refractivity contribution in [2.75, 3.05) is 5.73 Å². The number of aromatic hydroxyl groups is 2. The molecule has 19 heavy (non-hydrogen) atoms. The number of benzene rings is 1. The van der Waals surface area contributed by atoms with Crippen LogP contribution in [-0.4, -0.2) is 26.4 Å². The summed E-state index contributed by atoms with van der Waals surface area (Å²) in [6.45, 7) is 0. The van der Waals surface area contributed by atoms with Crippen LogP contribution in [0, 0.1) is 0 Å². The number of hydrogen-bond donors (Lipinski definition) is 4. The number of phenolic OH excluding ortho intramolecular Hbond substituents is 1. The van der Waals surface area contributed by atoms with Gasteiger partial charge in [0.1, 0.15) is 5.75 Å². The Labute approximate surface area is 122 Å². The molecule has 4 N–H and O–H groups in total. The zero-order chi connectivity index (χ0) is 14.0. The summed E-state index contributed by atoms with van der Waals surface area (Å²) in [5.74, 6) is -0.316. The third-order valence-corrected chi connectivity index (χ3v) is 2.90. The maximum atomic E-state index is 9.65. The highest BCUT2D eigenvalue weighted by atomic mass is 79.9. The van der Waals surface area contributed by atoms with Gasteiger partial charge in [0.25, 0.3) is 0 Å². The average molecular weight is 341 g/mol. The second-order valence-electron chi connectivity index (χ2n) is 3.54. The molecule has 0 amide bonds. The van der Waals surface area contributed by atoms with Gasteiger partial charge in [0.05, 0.1) is 0 Å². The maximum Gasteiger partial charge on any atom is 0.243 e. The Morgan fingerprint density at radius 1 is 1.32 bits per heavy atom. The lowest BCUT2D eigenvalue weighted by atomic mass is 10.2. The molecule has 8 heteroatoms. The zero-order valence-electron chi connectivity index (χ0n) is 9.45. The van der Waals surface area contributed by atoms with E-state index in [0.29, 0.717) is 5.56 Å². The van der Waals surface area contributed by atoms with Gasteiger partial charge in [0.2, 0.25) is 5.88 Å². The Kier molecular flexibility index (Phi) is 3.91. The van der Waals surface area contributed by atoms with Gasteiger partial charge in [-0.05, 0) is 18.2 Å². The minimum Gasteiger partial charge on any atom is -0.507 e. The minimum atomic E-state index is -0.372. The van der Waals surface area contributed by atoms with Gasteiger partial charge >= 0.3 is 0 Å². The summed E-state index contributed by atoms with van der Waals surface area (Å²) in [7, 11) is 0. The van der Waals surface area contributed by atoms with E-state index in [4.69, 9.17) is 5.73 Å². The minimum absolute atomic E-state index is 0.00300. The quantitative estimate of drug-likeness (QED) is 0.381. The van der Waals surface area contributed by atoms with Gasteiger partial charge in [-0.15, -0.1) is 12.6 Å². The first-order chi connectivity index (χ1) is 8.97. The van der Waals surface area contributed by atoms with E-state index in [9.17, 15) is 10.2 Å². The number of nitrogens with two attached hydrogens (primary N) is 1. The standard InChI is InChI=1S/C11H9BrN4O2S/c12-6-1-2-7(17)5(3-6)4-14-8-9(13)15-11(19)16-10(8)18/h1-4,17H,(H4,13,15,16,18,19). The largest absolute Gasteiger partial charge is 0.507 e. The first-order valence-corrected chi connectivity index (χ1v) is 6.29. The molecule has 0 aliphatic rings. The van der Waals surface area contributed by atoms with Crippen LogP contribution in [-0.2, 0) is 0 Å². The van der Waals surface area contributed by atoms with Gasteiger partial charge in [-0.1, -0.05) is 15.9 Å². The molecule has 0 spiro atoms. The van der Waals surface area contributed by atoms with Crippen molar-refractivity contribution in [3.63, 3.8) is 0 Å². The summed E-state index contributed by atoms with van der Waals surface area (Å²) in [4.78, 5) is 11.4. The van der Waals surface area contributed by atoms with E-state index in [1.807, 2.05) is 0 Å². The molecule has 0 saturated carbocycles. The Hall–Kier alpha value is -1.80. The van der Waals surface area contributed by atoms with Crippen molar-refractivity contribution in [1.82, 2.24) is 9.97 Å². The van der Waals surface area contributed by atoms with Gasteiger partial charge in [-0.25, -0.2) is 9.98 Å². The van der Waals surface area contributed by atoms with Crippen LogP contribution in [0.15, 0.2) is 32.8 Å². The van der Waals surface area contributed by atoms with Crippen LogP contribution in [0.5, 0.6) is 11.6 Å². The predicted molar refractivity (Wildman–Crippen MR) is 78.4 cm³/mol. The molecule has 2 aromatic rings. The smallest absolute Gasteiger partial charge is 0.243 e. The summed E-state index contributed by atoms with van der Waals surface area (Å²) in [5, 5.41) is 19.3. The number of aromatic nitrogens is 2. The molecule has 0 aliphatic carbocycles. The molecule has 0 bridgehead atoms. The van der Waals surface area contributed by atoms with Crippen molar-refractivity contribution in [3.05, 3.63) is 28.2 Å². The molecular formula is C11H9BrN4O2S. The molecular weight excluding hydrogens is 332 g/mol. The molecule has 1 heterocycles. The lowest BCUT2D eigenvalue weighted by Crippen LogP contribution is -1.94. The number of aliphatic imine (C=N–C) groups is 1. The molecule has 98 valence electrons. The summed E-state index contributed by atoms with van der Waals surface area (Å²) in [6.07, 6.45) is 1.35. The van der Waals surface area contributed by atoms with Gasteiger partial charge in [0, 0.05) is 16.3 Å². The number of anilines is 1. The molecule has 0 fully saturated rings. The van der Waals surface area contributed by atoms with Gasteiger partial charge in [0.15, 0.2) is 16.7 Å².